The highest BCUT2D eigenvalue weighted by Crippen LogP contribution is 2.20. The maximum Gasteiger partial charge on any atom is 0.253 e. The molecule has 1 unspecified atom stereocenters. The molecule has 2 atom stereocenters. The average molecular weight is 416 g/mol. The molecule has 1 heterocycles. The van der Waals surface area contributed by atoms with Crippen molar-refractivity contribution < 1.29 is 14.3 Å². The molecule has 6 heteroatoms. The number of pyridine rings is 1. The Hall–Kier alpha value is -2.31. The SMILES string of the molecule is CCCN(CCC)C(=O)c1ccc(-c2ccc(F)c(CN[C@H](C)C(C)CO)n2)cc1. The first-order valence-corrected chi connectivity index (χ1v) is 10.8. The van der Waals surface area contributed by atoms with Gasteiger partial charge in [0, 0.05) is 43.4 Å². The van der Waals surface area contributed by atoms with E-state index in [2.05, 4.69) is 24.1 Å². The van der Waals surface area contributed by atoms with Crippen molar-refractivity contribution in [3.63, 3.8) is 0 Å². The van der Waals surface area contributed by atoms with Crippen LogP contribution in [0.25, 0.3) is 11.3 Å². The van der Waals surface area contributed by atoms with Crippen molar-refractivity contribution in [3.05, 3.63) is 53.5 Å². The van der Waals surface area contributed by atoms with Crippen molar-refractivity contribution in [1.29, 1.82) is 0 Å². The Balaban J connectivity index is 2.15. The van der Waals surface area contributed by atoms with Crippen molar-refractivity contribution in [1.82, 2.24) is 15.2 Å². The van der Waals surface area contributed by atoms with Crippen LogP contribution in [0.2, 0.25) is 0 Å². The van der Waals surface area contributed by atoms with Crippen molar-refractivity contribution in [2.75, 3.05) is 19.7 Å². The number of carbonyl (C=O) groups excluding carboxylic acids is 1. The predicted molar refractivity (Wildman–Crippen MR) is 119 cm³/mol. The van der Waals surface area contributed by atoms with Gasteiger partial charge >= 0.3 is 0 Å². The number of carbonyl (C=O) groups is 1. The van der Waals surface area contributed by atoms with E-state index in [1.807, 2.05) is 43.0 Å². The first-order chi connectivity index (χ1) is 14.4. The van der Waals surface area contributed by atoms with Gasteiger partial charge in [-0.05, 0) is 49.9 Å². The molecule has 5 nitrogen and oxygen atoms in total. The highest BCUT2D eigenvalue weighted by molar-refractivity contribution is 5.94. The van der Waals surface area contributed by atoms with Crippen LogP contribution in [0.5, 0.6) is 0 Å². The van der Waals surface area contributed by atoms with Gasteiger partial charge in [-0.1, -0.05) is 32.9 Å². The minimum absolute atomic E-state index is 0.0363. The lowest BCUT2D eigenvalue weighted by Crippen LogP contribution is -2.33. The summed E-state index contributed by atoms with van der Waals surface area (Å²) in [6.07, 6.45) is 1.85. The van der Waals surface area contributed by atoms with Crippen LogP contribution in [0, 0.1) is 11.7 Å². The number of aliphatic hydroxyl groups excluding tert-OH is 1. The molecule has 30 heavy (non-hydrogen) atoms. The van der Waals surface area contributed by atoms with E-state index >= 15 is 0 Å². The van der Waals surface area contributed by atoms with Gasteiger partial charge in [0.25, 0.3) is 5.91 Å². The molecular formula is C24H34FN3O2. The molecule has 0 saturated heterocycles. The third-order valence-corrected chi connectivity index (χ3v) is 5.35. The van der Waals surface area contributed by atoms with Crippen molar-refractivity contribution >= 4 is 5.91 Å². The van der Waals surface area contributed by atoms with Crippen LogP contribution in [0.15, 0.2) is 36.4 Å². The summed E-state index contributed by atoms with van der Waals surface area (Å²) in [5.74, 6) is -0.257. The monoisotopic (exact) mass is 415 g/mol. The maximum absolute atomic E-state index is 14.2. The number of amides is 1. The Bertz CT molecular complexity index is 805. The van der Waals surface area contributed by atoms with Crippen LogP contribution in [0.4, 0.5) is 4.39 Å². The molecule has 0 aliphatic carbocycles. The molecule has 1 aromatic heterocycles. The zero-order valence-electron chi connectivity index (χ0n) is 18.5. The summed E-state index contributed by atoms with van der Waals surface area (Å²) in [5, 5.41) is 12.5. The van der Waals surface area contributed by atoms with Crippen LogP contribution in [0.3, 0.4) is 0 Å². The normalized spacial score (nSPS) is 13.1. The average Bonchev–Trinajstić information content (AvgIpc) is 2.77. The number of hydrogen-bond donors (Lipinski definition) is 2. The van der Waals surface area contributed by atoms with Gasteiger partial charge in [0.1, 0.15) is 5.82 Å². The van der Waals surface area contributed by atoms with Gasteiger partial charge in [0.05, 0.1) is 11.4 Å². The Kier molecular flexibility index (Phi) is 9.40. The number of nitrogens with one attached hydrogen (secondary N) is 1. The van der Waals surface area contributed by atoms with Crippen LogP contribution in [0.1, 0.15) is 56.6 Å². The molecule has 2 N–H and O–H groups in total. The van der Waals surface area contributed by atoms with E-state index in [-0.39, 0.29) is 36.8 Å². The van der Waals surface area contributed by atoms with Gasteiger partial charge in [-0.15, -0.1) is 0 Å². The summed E-state index contributed by atoms with van der Waals surface area (Å²) < 4.78 is 14.2. The summed E-state index contributed by atoms with van der Waals surface area (Å²) in [4.78, 5) is 19.1. The molecule has 0 bridgehead atoms. The number of aliphatic hydroxyl groups is 1. The molecule has 164 valence electrons. The van der Waals surface area contributed by atoms with E-state index in [1.54, 1.807) is 6.07 Å². The van der Waals surface area contributed by atoms with E-state index in [4.69, 9.17) is 0 Å². The molecular weight excluding hydrogens is 381 g/mol. The molecule has 0 radical (unpaired) electrons. The van der Waals surface area contributed by atoms with Gasteiger partial charge in [-0.3, -0.25) is 4.79 Å². The summed E-state index contributed by atoms with van der Waals surface area (Å²) in [6, 6.07) is 10.4. The fourth-order valence-electron chi connectivity index (χ4n) is 3.21. The van der Waals surface area contributed by atoms with Crippen LogP contribution >= 0.6 is 0 Å². The summed E-state index contributed by atoms with van der Waals surface area (Å²) in [6.45, 7) is 9.87. The minimum atomic E-state index is -0.364. The van der Waals surface area contributed by atoms with E-state index in [0.717, 1.165) is 31.5 Å². The Morgan fingerprint density at radius 2 is 1.73 bits per heavy atom. The van der Waals surface area contributed by atoms with E-state index in [0.29, 0.717) is 17.0 Å². The lowest BCUT2D eigenvalue weighted by atomic mass is 10.0. The number of benzene rings is 1. The lowest BCUT2D eigenvalue weighted by Gasteiger charge is -2.21. The van der Waals surface area contributed by atoms with Crippen LogP contribution < -0.4 is 5.32 Å². The maximum atomic E-state index is 14.2. The standard InChI is InChI=1S/C24H34FN3O2/c1-5-13-28(14-6-2)24(30)20-9-7-19(8-10-20)22-12-11-21(25)23(27-22)15-26-18(4)17(3)16-29/h7-12,17-18,26,29H,5-6,13-16H2,1-4H3/t17?,18-/m1/s1. The van der Waals surface area contributed by atoms with Crippen molar-refractivity contribution in [3.8, 4) is 11.3 Å². The lowest BCUT2D eigenvalue weighted by molar-refractivity contribution is 0.0755. The summed E-state index contributed by atoms with van der Waals surface area (Å²) in [7, 11) is 0. The van der Waals surface area contributed by atoms with E-state index in [1.165, 1.54) is 6.07 Å². The highest BCUT2D eigenvalue weighted by atomic mass is 19.1. The smallest absolute Gasteiger partial charge is 0.253 e. The molecule has 0 saturated carbocycles. The molecule has 0 aliphatic rings. The van der Waals surface area contributed by atoms with Crippen molar-refractivity contribution in [2.24, 2.45) is 5.92 Å². The zero-order chi connectivity index (χ0) is 22.1. The number of nitrogens with zero attached hydrogens (tertiary/aromatic N) is 2. The number of halogens is 1. The molecule has 0 spiro atoms. The molecule has 1 aromatic carbocycles. The predicted octanol–water partition coefficient (Wildman–Crippen LogP) is 4.26. The summed E-state index contributed by atoms with van der Waals surface area (Å²) in [5.41, 5.74) is 2.48. The Morgan fingerprint density at radius 1 is 1.10 bits per heavy atom. The first kappa shape index (κ1) is 24.0. The van der Waals surface area contributed by atoms with Gasteiger partial charge in [-0.2, -0.15) is 0 Å². The first-order valence-electron chi connectivity index (χ1n) is 10.8. The summed E-state index contributed by atoms with van der Waals surface area (Å²) >= 11 is 0. The largest absolute Gasteiger partial charge is 0.396 e. The Morgan fingerprint density at radius 3 is 2.30 bits per heavy atom. The fraction of sp³-hybridized carbons (Fsp3) is 0.500. The Labute approximate surface area is 179 Å². The molecule has 0 aliphatic heterocycles. The second-order valence-corrected chi connectivity index (χ2v) is 7.82. The third-order valence-electron chi connectivity index (χ3n) is 5.35. The molecule has 1 amide bonds. The van der Waals surface area contributed by atoms with Gasteiger partial charge in [0.2, 0.25) is 0 Å². The van der Waals surface area contributed by atoms with Gasteiger partial charge in [-0.25, -0.2) is 9.37 Å². The number of rotatable bonds is 11. The van der Waals surface area contributed by atoms with Gasteiger partial charge in [0.15, 0.2) is 0 Å². The molecule has 2 rings (SSSR count). The third kappa shape index (κ3) is 6.34. The van der Waals surface area contributed by atoms with Crippen molar-refractivity contribution in [2.45, 2.75) is 53.1 Å². The van der Waals surface area contributed by atoms with Crippen LogP contribution in [-0.4, -0.2) is 46.6 Å². The van der Waals surface area contributed by atoms with E-state index in [9.17, 15) is 14.3 Å². The second kappa shape index (κ2) is 11.8. The quantitative estimate of drug-likeness (QED) is 0.576. The molecule has 0 fully saturated rings. The fourth-order valence-corrected chi connectivity index (χ4v) is 3.21. The van der Waals surface area contributed by atoms with Gasteiger partial charge < -0.3 is 15.3 Å². The topological polar surface area (TPSA) is 65.5 Å². The number of hydrogen-bond acceptors (Lipinski definition) is 4. The number of aromatic nitrogens is 1. The minimum Gasteiger partial charge on any atom is -0.396 e. The highest BCUT2D eigenvalue weighted by Gasteiger charge is 2.15. The second-order valence-electron chi connectivity index (χ2n) is 7.82. The van der Waals surface area contributed by atoms with E-state index < -0.39 is 0 Å². The molecule has 2 aromatic rings. The van der Waals surface area contributed by atoms with Crippen LogP contribution in [-0.2, 0) is 6.54 Å². The zero-order valence-corrected chi connectivity index (χ0v) is 18.5.